The minimum atomic E-state index is -1.07. The van der Waals surface area contributed by atoms with Crippen molar-refractivity contribution in [2.45, 2.75) is 25.9 Å². The molecule has 0 spiro atoms. The Labute approximate surface area is 72.1 Å². The van der Waals surface area contributed by atoms with Crippen LogP contribution in [0.15, 0.2) is 0 Å². The maximum absolute atomic E-state index is 10.8. The van der Waals surface area contributed by atoms with Gasteiger partial charge in [0.2, 0.25) is 6.10 Å². The highest BCUT2D eigenvalue weighted by Crippen LogP contribution is 1.96. The lowest BCUT2D eigenvalue weighted by Crippen LogP contribution is -2.24. The number of esters is 1. The number of carbonyl (C=O) groups excluding carboxylic acids is 1. The van der Waals surface area contributed by atoms with E-state index in [1.807, 2.05) is 6.92 Å². The monoisotopic (exact) mass is 171 g/mol. The normalized spacial score (nSPS) is 11.8. The van der Waals surface area contributed by atoms with Crippen LogP contribution in [0.4, 0.5) is 0 Å². The van der Waals surface area contributed by atoms with E-state index in [0.29, 0.717) is 6.61 Å². The van der Waals surface area contributed by atoms with Crippen LogP contribution in [0.25, 0.3) is 0 Å². The van der Waals surface area contributed by atoms with Gasteiger partial charge in [-0.15, -0.1) is 0 Å². The van der Waals surface area contributed by atoms with E-state index in [2.05, 4.69) is 4.74 Å². The first-order valence-corrected chi connectivity index (χ1v) is 3.85. The minimum absolute atomic E-state index is 0.420. The summed E-state index contributed by atoms with van der Waals surface area (Å²) in [7, 11) is 1.23. The molecule has 4 heteroatoms. The zero-order valence-electron chi connectivity index (χ0n) is 7.37. The molecule has 0 amide bonds. The molecule has 0 aliphatic rings. The molecule has 0 saturated carbocycles. The van der Waals surface area contributed by atoms with Crippen molar-refractivity contribution in [1.82, 2.24) is 0 Å². The van der Waals surface area contributed by atoms with Crippen molar-refractivity contribution in [3.8, 4) is 6.07 Å². The average Bonchev–Trinajstić information content (AvgIpc) is 2.11. The Morgan fingerprint density at radius 3 is 2.75 bits per heavy atom. The first-order valence-electron chi connectivity index (χ1n) is 3.85. The Kier molecular flexibility index (Phi) is 6.02. The highest BCUT2D eigenvalue weighted by Gasteiger charge is 2.17. The van der Waals surface area contributed by atoms with Gasteiger partial charge in [0.15, 0.2) is 0 Å². The summed E-state index contributed by atoms with van der Waals surface area (Å²) in [5.41, 5.74) is 0. The molecule has 0 rings (SSSR count). The minimum Gasteiger partial charge on any atom is -0.466 e. The van der Waals surface area contributed by atoms with Crippen LogP contribution < -0.4 is 0 Å². The number of ether oxygens (including phenoxy) is 2. The topological polar surface area (TPSA) is 59.3 Å². The maximum Gasteiger partial charge on any atom is 0.349 e. The van der Waals surface area contributed by atoms with Crippen LogP contribution in [0.1, 0.15) is 19.8 Å². The Hall–Kier alpha value is -1.08. The van der Waals surface area contributed by atoms with Gasteiger partial charge in [-0.25, -0.2) is 4.79 Å². The lowest BCUT2D eigenvalue weighted by atomic mass is 10.3. The summed E-state index contributed by atoms with van der Waals surface area (Å²) in [6.07, 6.45) is 0.746. The molecule has 1 atom stereocenters. The second-order valence-electron chi connectivity index (χ2n) is 2.26. The van der Waals surface area contributed by atoms with Gasteiger partial charge >= 0.3 is 5.97 Å². The molecular formula is C8H13NO3. The quantitative estimate of drug-likeness (QED) is 0.455. The predicted molar refractivity (Wildman–Crippen MR) is 42.3 cm³/mol. The van der Waals surface area contributed by atoms with Crippen molar-refractivity contribution in [2.24, 2.45) is 0 Å². The van der Waals surface area contributed by atoms with E-state index in [4.69, 9.17) is 10.00 Å². The molecule has 0 aromatic carbocycles. The molecule has 4 nitrogen and oxygen atoms in total. The lowest BCUT2D eigenvalue weighted by Gasteiger charge is -2.06. The van der Waals surface area contributed by atoms with Gasteiger partial charge < -0.3 is 9.47 Å². The molecule has 0 aliphatic carbocycles. The van der Waals surface area contributed by atoms with Gasteiger partial charge in [0.05, 0.1) is 7.11 Å². The van der Waals surface area contributed by atoms with Crippen molar-refractivity contribution in [2.75, 3.05) is 13.7 Å². The molecule has 0 radical (unpaired) electrons. The summed E-state index contributed by atoms with van der Waals surface area (Å²) in [5.74, 6) is -0.631. The third kappa shape index (κ3) is 3.94. The smallest absolute Gasteiger partial charge is 0.349 e. The molecule has 0 aliphatic heterocycles. The summed E-state index contributed by atoms with van der Waals surface area (Å²) in [5, 5.41) is 8.45. The molecule has 12 heavy (non-hydrogen) atoms. The fourth-order valence-electron chi connectivity index (χ4n) is 0.611. The number of nitrogens with zero attached hydrogens (tertiary/aromatic N) is 1. The number of hydrogen-bond acceptors (Lipinski definition) is 4. The van der Waals surface area contributed by atoms with Gasteiger partial charge in [-0.1, -0.05) is 13.3 Å². The van der Waals surface area contributed by atoms with E-state index in [1.165, 1.54) is 7.11 Å². The van der Waals surface area contributed by atoms with Crippen LogP contribution in [0.5, 0.6) is 0 Å². The fraction of sp³-hybridized carbons (Fsp3) is 0.750. The summed E-state index contributed by atoms with van der Waals surface area (Å²) >= 11 is 0. The highest BCUT2D eigenvalue weighted by molar-refractivity contribution is 5.77. The van der Waals surface area contributed by atoms with Crippen molar-refractivity contribution in [1.29, 1.82) is 5.26 Å². The lowest BCUT2D eigenvalue weighted by molar-refractivity contribution is -0.150. The third-order valence-corrected chi connectivity index (χ3v) is 1.31. The van der Waals surface area contributed by atoms with Crippen molar-refractivity contribution < 1.29 is 14.3 Å². The van der Waals surface area contributed by atoms with Crippen molar-refractivity contribution in [3.05, 3.63) is 0 Å². The van der Waals surface area contributed by atoms with Gasteiger partial charge in [0.1, 0.15) is 6.07 Å². The van der Waals surface area contributed by atoms with Gasteiger partial charge in [-0.05, 0) is 6.42 Å². The SMILES string of the molecule is CCCCOC(C#N)C(=O)OC. The number of rotatable bonds is 5. The van der Waals surface area contributed by atoms with E-state index in [9.17, 15) is 4.79 Å². The average molecular weight is 171 g/mol. The number of unbranched alkanes of at least 4 members (excludes halogenated alkanes) is 1. The van der Waals surface area contributed by atoms with Gasteiger partial charge in [-0.3, -0.25) is 0 Å². The highest BCUT2D eigenvalue weighted by atomic mass is 16.6. The summed E-state index contributed by atoms with van der Waals surface area (Å²) in [6.45, 7) is 2.42. The van der Waals surface area contributed by atoms with Crippen LogP contribution in [0.3, 0.4) is 0 Å². The molecule has 0 aromatic rings. The van der Waals surface area contributed by atoms with Crippen LogP contribution in [-0.2, 0) is 14.3 Å². The summed E-state index contributed by atoms with van der Waals surface area (Å²) in [6, 6.07) is 1.71. The number of nitriles is 1. The predicted octanol–water partition coefficient (Wildman–Crippen LogP) is 0.868. The number of carbonyl (C=O) groups is 1. The second kappa shape index (κ2) is 6.62. The van der Waals surface area contributed by atoms with E-state index in [-0.39, 0.29) is 0 Å². The first kappa shape index (κ1) is 10.9. The molecule has 1 unspecified atom stereocenters. The maximum atomic E-state index is 10.8. The molecule has 0 saturated heterocycles. The summed E-state index contributed by atoms with van der Waals surface area (Å²) < 4.78 is 9.30. The van der Waals surface area contributed by atoms with E-state index in [0.717, 1.165) is 12.8 Å². The standard InChI is InChI=1S/C8H13NO3/c1-3-4-5-12-7(6-9)8(10)11-2/h7H,3-5H2,1-2H3. The van der Waals surface area contributed by atoms with Crippen molar-refractivity contribution >= 4 is 5.97 Å². The van der Waals surface area contributed by atoms with Crippen molar-refractivity contribution in [3.63, 3.8) is 0 Å². The zero-order valence-corrected chi connectivity index (χ0v) is 7.37. The summed E-state index contributed by atoms with van der Waals surface area (Å²) in [4.78, 5) is 10.8. The van der Waals surface area contributed by atoms with E-state index in [1.54, 1.807) is 6.07 Å². The molecule has 0 aromatic heterocycles. The largest absolute Gasteiger partial charge is 0.466 e. The van der Waals surface area contributed by atoms with E-state index >= 15 is 0 Å². The van der Waals surface area contributed by atoms with Gasteiger partial charge in [0.25, 0.3) is 0 Å². The Bertz CT molecular complexity index is 174. The van der Waals surface area contributed by atoms with Gasteiger partial charge in [0, 0.05) is 6.61 Å². The molecule has 0 N–H and O–H groups in total. The first-order chi connectivity index (χ1) is 5.76. The Balaban J connectivity index is 3.70. The molecule has 0 bridgehead atoms. The Morgan fingerprint density at radius 1 is 1.67 bits per heavy atom. The molecular weight excluding hydrogens is 158 g/mol. The zero-order chi connectivity index (χ0) is 9.40. The Morgan fingerprint density at radius 2 is 2.33 bits per heavy atom. The number of methoxy groups -OCH3 is 1. The molecule has 68 valence electrons. The van der Waals surface area contributed by atoms with Crippen LogP contribution in [-0.4, -0.2) is 25.8 Å². The third-order valence-electron chi connectivity index (χ3n) is 1.31. The molecule has 0 fully saturated rings. The van der Waals surface area contributed by atoms with Crippen LogP contribution in [0.2, 0.25) is 0 Å². The van der Waals surface area contributed by atoms with Crippen LogP contribution >= 0.6 is 0 Å². The van der Waals surface area contributed by atoms with Gasteiger partial charge in [-0.2, -0.15) is 5.26 Å². The number of hydrogen-bond donors (Lipinski definition) is 0. The van der Waals surface area contributed by atoms with Crippen LogP contribution in [0, 0.1) is 11.3 Å². The second-order valence-corrected chi connectivity index (χ2v) is 2.26. The van der Waals surface area contributed by atoms with E-state index < -0.39 is 12.1 Å². The molecule has 0 heterocycles. The fourth-order valence-corrected chi connectivity index (χ4v) is 0.611.